The molecule has 0 saturated carbocycles. The molecule has 1 fully saturated rings. The van der Waals surface area contributed by atoms with E-state index in [0.29, 0.717) is 23.9 Å². The zero-order valence-corrected chi connectivity index (χ0v) is 15.4. The van der Waals surface area contributed by atoms with E-state index in [2.05, 4.69) is 26.5 Å². The minimum Gasteiger partial charge on any atom is -0.381 e. The molecule has 0 aliphatic carbocycles. The second-order valence-corrected chi connectivity index (χ2v) is 8.16. The highest BCUT2D eigenvalue weighted by Crippen LogP contribution is 2.32. The van der Waals surface area contributed by atoms with Crippen LogP contribution in [-0.2, 0) is 16.1 Å². The van der Waals surface area contributed by atoms with Crippen molar-refractivity contribution in [3.05, 3.63) is 34.5 Å². The van der Waals surface area contributed by atoms with E-state index in [1.807, 2.05) is 16.3 Å². The van der Waals surface area contributed by atoms with Crippen molar-refractivity contribution < 1.29 is 9.53 Å². The van der Waals surface area contributed by atoms with Gasteiger partial charge in [0.1, 0.15) is 10.9 Å². The van der Waals surface area contributed by atoms with Crippen molar-refractivity contribution in [3.8, 4) is 6.07 Å². The Hall–Kier alpha value is -1.64. The molecule has 0 bridgehead atoms. The van der Waals surface area contributed by atoms with E-state index < -0.39 is 0 Å². The quantitative estimate of drug-likeness (QED) is 0.702. The molecule has 0 radical (unpaired) electrons. The van der Waals surface area contributed by atoms with Crippen LogP contribution in [0.25, 0.3) is 0 Å². The van der Waals surface area contributed by atoms with Crippen molar-refractivity contribution in [1.82, 2.24) is 4.90 Å². The minimum absolute atomic E-state index is 0.0365. The van der Waals surface area contributed by atoms with Gasteiger partial charge in [-0.05, 0) is 53.7 Å². The van der Waals surface area contributed by atoms with Gasteiger partial charge in [0.05, 0.1) is 0 Å². The zero-order chi connectivity index (χ0) is 17.6. The number of rotatable bonds is 7. The number of thiophene rings is 1. The van der Waals surface area contributed by atoms with Gasteiger partial charge in [0, 0.05) is 26.3 Å². The van der Waals surface area contributed by atoms with Crippen molar-refractivity contribution in [3.63, 3.8) is 0 Å². The molecule has 1 aliphatic rings. The molecule has 1 aromatic rings. The molecule has 2 heterocycles. The van der Waals surface area contributed by atoms with Gasteiger partial charge in [0.25, 0.3) is 0 Å². The van der Waals surface area contributed by atoms with E-state index >= 15 is 0 Å². The number of nitriles is 1. The molecule has 1 aromatic heterocycles. The maximum absolute atomic E-state index is 12.3. The number of amides is 1. The summed E-state index contributed by atoms with van der Waals surface area (Å²) in [4.78, 5) is 14.8. The fraction of sp³-hybridized carbons (Fsp3) is 0.579. The van der Waals surface area contributed by atoms with E-state index in [4.69, 9.17) is 10.00 Å². The molecule has 130 valence electrons. The molecule has 0 N–H and O–H groups in total. The average Bonchev–Trinajstić information content (AvgIpc) is 3.01. The van der Waals surface area contributed by atoms with Crippen LogP contribution in [0, 0.1) is 22.7 Å². The van der Waals surface area contributed by atoms with Crippen LogP contribution in [0.4, 0.5) is 0 Å². The van der Waals surface area contributed by atoms with E-state index in [1.165, 1.54) is 17.4 Å². The SMILES string of the molecule is C=CC(=O)N(Cc1csc(C#N)c1)CC(C)(C)CC1CCOCC1. The summed E-state index contributed by atoms with van der Waals surface area (Å²) in [6.45, 7) is 11.0. The molecule has 2 rings (SSSR count). The minimum atomic E-state index is -0.0558. The van der Waals surface area contributed by atoms with Crippen molar-refractivity contribution >= 4 is 17.2 Å². The Kier molecular flexibility index (Phi) is 6.59. The highest BCUT2D eigenvalue weighted by atomic mass is 32.1. The molecule has 0 unspecified atom stereocenters. The summed E-state index contributed by atoms with van der Waals surface area (Å²) in [5.74, 6) is 0.612. The summed E-state index contributed by atoms with van der Waals surface area (Å²) < 4.78 is 5.44. The number of hydrogen-bond donors (Lipinski definition) is 0. The lowest BCUT2D eigenvalue weighted by atomic mass is 9.79. The van der Waals surface area contributed by atoms with E-state index in [1.54, 1.807) is 0 Å². The fourth-order valence-corrected chi connectivity index (χ4v) is 4.08. The lowest BCUT2D eigenvalue weighted by Crippen LogP contribution is -2.38. The third kappa shape index (κ3) is 5.47. The van der Waals surface area contributed by atoms with Gasteiger partial charge in [-0.2, -0.15) is 5.26 Å². The zero-order valence-electron chi connectivity index (χ0n) is 14.6. The fourth-order valence-electron chi connectivity index (χ4n) is 3.39. The lowest BCUT2D eigenvalue weighted by molar-refractivity contribution is -0.128. The molecule has 0 spiro atoms. The predicted octanol–water partition coefficient (Wildman–Crippen LogP) is 3.98. The maximum Gasteiger partial charge on any atom is 0.246 e. The molecular formula is C19H26N2O2S. The van der Waals surface area contributed by atoms with E-state index in [-0.39, 0.29) is 11.3 Å². The summed E-state index contributed by atoms with van der Waals surface area (Å²) in [6.07, 6.45) is 4.68. The third-order valence-corrected chi connectivity index (χ3v) is 5.31. The van der Waals surface area contributed by atoms with Gasteiger partial charge in [0.2, 0.25) is 5.91 Å². The Morgan fingerprint density at radius 1 is 1.54 bits per heavy atom. The van der Waals surface area contributed by atoms with Crippen LogP contribution in [0.1, 0.15) is 43.6 Å². The molecular weight excluding hydrogens is 320 g/mol. The van der Waals surface area contributed by atoms with Gasteiger partial charge in [-0.15, -0.1) is 11.3 Å². The molecule has 1 aliphatic heterocycles. The van der Waals surface area contributed by atoms with Crippen molar-refractivity contribution in [2.24, 2.45) is 11.3 Å². The van der Waals surface area contributed by atoms with E-state index in [0.717, 1.165) is 38.0 Å². The van der Waals surface area contributed by atoms with Gasteiger partial charge < -0.3 is 9.64 Å². The van der Waals surface area contributed by atoms with Crippen LogP contribution in [0.3, 0.4) is 0 Å². The Bertz CT molecular complexity index is 609. The first kappa shape index (κ1) is 18.7. The van der Waals surface area contributed by atoms with Crippen LogP contribution in [0.15, 0.2) is 24.1 Å². The molecule has 5 heteroatoms. The van der Waals surface area contributed by atoms with Gasteiger partial charge in [-0.1, -0.05) is 20.4 Å². The first-order valence-electron chi connectivity index (χ1n) is 8.40. The number of ether oxygens (including phenoxy) is 1. The smallest absolute Gasteiger partial charge is 0.246 e. The van der Waals surface area contributed by atoms with Gasteiger partial charge in [0.15, 0.2) is 0 Å². The van der Waals surface area contributed by atoms with Crippen LogP contribution in [0.2, 0.25) is 0 Å². The Balaban J connectivity index is 2.02. The number of nitrogens with zero attached hydrogens (tertiary/aromatic N) is 2. The normalized spacial score (nSPS) is 15.7. The third-order valence-electron chi connectivity index (χ3n) is 4.42. The molecule has 0 aromatic carbocycles. The Morgan fingerprint density at radius 2 is 2.25 bits per heavy atom. The number of hydrogen-bond acceptors (Lipinski definition) is 4. The average molecular weight is 346 g/mol. The lowest BCUT2D eigenvalue weighted by Gasteiger charge is -2.36. The van der Waals surface area contributed by atoms with Crippen molar-refractivity contribution in [2.75, 3.05) is 19.8 Å². The standard InChI is InChI=1S/C19H26N2O2S/c1-4-18(22)21(12-16-9-17(11-20)24-13-16)14-19(2,3)10-15-5-7-23-8-6-15/h4,9,13,15H,1,5-8,10,12,14H2,2-3H3. The Labute approximate surface area is 148 Å². The number of carbonyl (C=O) groups is 1. The summed E-state index contributed by atoms with van der Waals surface area (Å²) in [7, 11) is 0. The van der Waals surface area contributed by atoms with Gasteiger partial charge in [-0.25, -0.2) is 0 Å². The molecule has 4 nitrogen and oxygen atoms in total. The first-order valence-corrected chi connectivity index (χ1v) is 9.28. The topological polar surface area (TPSA) is 53.3 Å². The summed E-state index contributed by atoms with van der Waals surface area (Å²) >= 11 is 1.42. The largest absolute Gasteiger partial charge is 0.381 e. The predicted molar refractivity (Wildman–Crippen MR) is 96.6 cm³/mol. The monoisotopic (exact) mass is 346 g/mol. The Morgan fingerprint density at radius 3 is 2.83 bits per heavy atom. The second kappa shape index (κ2) is 8.46. The number of carbonyl (C=O) groups excluding carboxylic acids is 1. The second-order valence-electron chi connectivity index (χ2n) is 7.25. The van der Waals surface area contributed by atoms with Crippen LogP contribution < -0.4 is 0 Å². The van der Waals surface area contributed by atoms with E-state index in [9.17, 15) is 4.79 Å². The highest BCUT2D eigenvalue weighted by molar-refractivity contribution is 7.10. The molecule has 0 atom stereocenters. The first-order chi connectivity index (χ1) is 11.4. The molecule has 24 heavy (non-hydrogen) atoms. The summed E-state index contributed by atoms with van der Waals surface area (Å²) in [6, 6.07) is 4.01. The molecule has 1 amide bonds. The van der Waals surface area contributed by atoms with Gasteiger partial charge >= 0.3 is 0 Å². The highest BCUT2D eigenvalue weighted by Gasteiger charge is 2.28. The van der Waals surface area contributed by atoms with Crippen molar-refractivity contribution in [1.29, 1.82) is 5.26 Å². The summed E-state index contributed by atoms with van der Waals surface area (Å²) in [5.41, 5.74) is 1.04. The van der Waals surface area contributed by atoms with Gasteiger partial charge in [-0.3, -0.25) is 4.79 Å². The van der Waals surface area contributed by atoms with Crippen LogP contribution in [-0.4, -0.2) is 30.6 Å². The van der Waals surface area contributed by atoms with Crippen LogP contribution in [0.5, 0.6) is 0 Å². The summed E-state index contributed by atoms with van der Waals surface area (Å²) in [5, 5.41) is 10.9. The molecule has 1 saturated heterocycles. The van der Waals surface area contributed by atoms with Crippen LogP contribution >= 0.6 is 11.3 Å². The maximum atomic E-state index is 12.3. The van der Waals surface area contributed by atoms with Crippen molar-refractivity contribution in [2.45, 2.75) is 39.7 Å².